The van der Waals surface area contributed by atoms with Crippen molar-refractivity contribution in [1.82, 2.24) is 25.2 Å². The van der Waals surface area contributed by atoms with Crippen molar-refractivity contribution in [2.24, 2.45) is 7.05 Å². The number of rotatable bonds is 5. The van der Waals surface area contributed by atoms with Crippen molar-refractivity contribution in [2.75, 3.05) is 11.9 Å². The van der Waals surface area contributed by atoms with Crippen molar-refractivity contribution >= 4 is 5.69 Å². The van der Waals surface area contributed by atoms with Gasteiger partial charge in [-0.15, -0.1) is 10.2 Å². The number of nitrogens with zero attached hydrogens (tertiary/aromatic N) is 5. The van der Waals surface area contributed by atoms with Crippen molar-refractivity contribution in [3.8, 4) is 5.88 Å². The van der Waals surface area contributed by atoms with Gasteiger partial charge in [0.1, 0.15) is 0 Å². The topological polar surface area (TPSA) is 77.8 Å². The van der Waals surface area contributed by atoms with Crippen LogP contribution in [-0.2, 0) is 13.6 Å². The third kappa shape index (κ3) is 3.13. The molecule has 0 spiro atoms. The molecule has 0 saturated carbocycles. The van der Waals surface area contributed by atoms with E-state index in [0.717, 1.165) is 5.69 Å². The number of hydrogen-bond donors (Lipinski definition) is 1. The second-order valence-corrected chi connectivity index (χ2v) is 3.37. The van der Waals surface area contributed by atoms with Crippen molar-refractivity contribution in [2.45, 2.75) is 13.5 Å². The Hall–Kier alpha value is -2.18. The van der Waals surface area contributed by atoms with E-state index in [0.29, 0.717) is 24.9 Å². The van der Waals surface area contributed by atoms with E-state index in [-0.39, 0.29) is 0 Å². The van der Waals surface area contributed by atoms with E-state index in [1.807, 2.05) is 19.1 Å². The zero-order valence-corrected chi connectivity index (χ0v) is 9.79. The number of aryl methyl sites for hydroxylation is 1. The lowest BCUT2D eigenvalue weighted by Crippen LogP contribution is -2.03. The number of ether oxygens (including phenoxy) is 1. The molecule has 2 aromatic rings. The molecular formula is C10H14N6O. The maximum atomic E-state index is 5.25. The van der Waals surface area contributed by atoms with Gasteiger partial charge in [0.15, 0.2) is 5.82 Å². The lowest BCUT2D eigenvalue weighted by molar-refractivity contribution is 0.327. The fraction of sp³-hybridized carbons (Fsp3) is 0.400. The highest BCUT2D eigenvalue weighted by atomic mass is 16.5. The maximum absolute atomic E-state index is 5.25. The van der Waals surface area contributed by atoms with Crippen molar-refractivity contribution in [3.05, 3.63) is 24.2 Å². The minimum absolute atomic E-state index is 0.517. The molecule has 0 saturated heterocycles. The van der Waals surface area contributed by atoms with Gasteiger partial charge in [-0.2, -0.15) is 4.80 Å². The fourth-order valence-electron chi connectivity index (χ4n) is 1.29. The predicted molar refractivity (Wildman–Crippen MR) is 61.5 cm³/mol. The summed E-state index contributed by atoms with van der Waals surface area (Å²) in [7, 11) is 1.73. The minimum Gasteiger partial charge on any atom is -0.478 e. The van der Waals surface area contributed by atoms with Gasteiger partial charge in [-0.1, -0.05) is 0 Å². The summed E-state index contributed by atoms with van der Waals surface area (Å²) in [6.45, 7) is 3.06. The Labute approximate surface area is 98.8 Å². The molecule has 0 aliphatic heterocycles. The largest absolute Gasteiger partial charge is 0.478 e. The highest BCUT2D eigenvalue weighted by Crippen LogP contribution is 2.11. The molecule has 0 radical (unpaired) electrons. The first kappa shape index (κ1) is 11.3. The first-order valence-corrected chi connectivity index (χ1v) is 5.33. The number of pyridine rings is 1. The molecule has 1 N–H and O–H groups in total. The van der Waals surface area contributed by atoms with Gasteiger partial charge in [-0.3, -0.25) is 0 Å². The highest BCUT2D eigenvalue weighted by Gasteiger charge is 2.00. The van der Waals surface area contributed by atoms with Gasteiger partial charge in [0.2, 0.25) is 5.88 Å². The lowest BCUT2D eigenvalue weighted by Gasteiger charge is -2.04. The van der Waals surface area contributed by atoms with Crippen LogP contribution in [0.1, 0.15) is 12.7 Å². The Kier molecular flexibility index (Phi) is 3.49. The Morgan fingerprint density at radius 3 is 2.88 bits per heavy atom. The molecule has 7 nitrogen and oxygen atoms in total. The Morgan fingerprint density at radius 1 is 1.41 bits per heavy atom. The average molecular weight is 234 g/mol. The molecule has 0 unspecified atom stereocenters. The molecule has 7 heteroatoms. The van der Waals surface area contributed by atoms with E-state index >= 15 is 0 Å². The van der Waals surface area contributed by atoms with Gasteiger partial charge < -0.3 is 10.1 Å². The molecule has 0 aliphatic carbocycles. The third-order valence-electron chi connectivity index (χ3n) is 2.03. The SMILES string of the molecule is CCOc1ccc(NCc2nnn(C)n2)cn1. The maximum Gasteiger partial charge on any atom is 0.213 e. The van der Waals surface area contributed by atoms with Crippen LogP contribution in [0.2, 0.25) is 0 Å². The monoisotopic (exact) mass is 234 g/mol. The Bertz CT molecular complexity index is 466. The van der Waals surface area contributed by atoms with Crippen LogP contribution in [0.15, 0.2) is 18.3 Å². The summed E-state index contributed by atoms with van der Waals surface area (Å²) in [4.78, 5) is 5.56. The summed E-state index contributed by atoms with van der Waals surface area (Å²) < 4.78 is 5.25. The number of anilines is 1. The molecule has 2 rings (SSSR count). The van der Waals surface area contributed by atoms with E-state index in [9.17, 15) is 0 Å². The molecule has 0 aromatic carbocycles. The predicted octanol–water partition coefficient (Wildman–Crippen LogP) is 0.616. The average Bonchev–Trinajstić information content (AvgIpc) is 2.75. The van der Waals surface area contributed by atoms with E-state index in [4.69, 9.17) is 4.74 Å². The molecule has 0 amide bonds. The number of hydrogen-bond acceptors (Lipinski definition) is 6. The summed E-state index contributed by atoms with van der Waals surface area (Å²) in [6.07, 6.45) is 1.71. The van der Waals surface area contributed by atoms with Crippen LogP contribution >= 0.6 is 0 Å². The van der Waals surface area contributed by atoms with Crippen LogP contribution in [0.5, 0.6) is 5.88 Å². The molecule has 2 aromatic heterocycles. The highest BCUT2D eigenvalue weighted by molar-refractivity contribution is 5.41. The van der Waals surface area contributed by atoms with Gasteiger partial charge in [0, 0.05) is 6.07 Å². The molecule has 17 heavy (non-hydrogen) atoms. The molecular weight excluding hydrogens is 220 g/mol. The standard InChI is InChI=1S/C10H14N6O/c1-3-17-10-5-4-8(6-12-10)11-7-9-13-15-16(2)14-9/h4-6,11H,3,7H2,1-2H3. The van der Waals surface area contributed by atoms with Gasteiger partial charge in [0.05, 0.1) is 32.1 Å². The van der Waals surface area contributed by atoms with Crippen LogP contribution < -0.4 is 10.1 Å². The molecule has 0 fully saturated rings. The van der Waals surface area contributed by atoms with Crippen LogP contribution in [0.25, 0.3) is 0 Å². The minimum atomic E-state index is 0.517. The summed E-state index contributed by atoms with van der Waals surface area (Å²) >= 11 is 0. The van der Waals surface area contributed by atoms with Crippen molar-refractivity contribution in [1.29, 1.82) is 0 Å². The lowest BCUT2D eigenvalue weighted by atomic mass is 10.4. The first-order chi connectivity index (χ1) is 8.28. The fourth-order valence-corrected chi connectivity index (χ4v) is 1.29. The van der Waals surface area contributed by atoms with E-state index < -0.39 is 0 Å². The summed E-state index contributed by atoms with van der Waals surface area (Å²) in [5.41, 5.74) is 0.890. The number of aromatic nitrogens is 5. The quantitative estimate of drug-likeness (QED) is 0.817. The molecule has 0 aliphatic rings. The van der Waals surface area contributed by atoms with Crippen molar-refractivity contribution < 1.29 is 4.74 Å². The summed E-state index contributed by atoms with van der Waals surface area (Å²) in [5.74, 6) is 1.26. The van der Waals surface area contributed by atoms with Crippen molar-refractivity contribution in [3.63, 3.8) is 0 Å². The van der Waals surface area contributed by atoms with Crippen LogP contribution in [0, 0.1) is 0 Å². The van der Waals surface area contributed by atoms with Crippen LogP contribution in [0.4, 0.5) is 5.69 Å². The first-order valence-electron chi connectivity index (χ1n) is 5.33. The van der Waals surface area contributed by atoms with Crippen LogP contribution in [0.3, 0.4) is 0 Å². The van der Waals surface area contributed by atoms with E-state index in [2.05, 4.69) is 25.7 Å². The molecule has 90 valence electrons. The number of tetrazole rings is 1. The van der Waals surface area contributed by atoms with E-state index in [1.54, 1.807) is 13.2 Å². The summed E-state index contributed by atoms with van der Waals surface area (Å²) in [6, 6.07) is 3.71. The molecule has 0 atom stereocenters. The van der Waals surface area contributed by atoms with E-state index in [1.165, 1.54) is 4.80 Å². The van der Waals surface area contributed by atoms with Gasteiger partial charge in [-0.05, 0) is 18.2 Å². The zero-order valence-electron chi connectivity index (χ0n) is 9.79. The molecule has 2 heterocycles. The van der Waals surface area contributed by atoms with Crippen LogP contribution in [-0.4, -0.2) is 31.8 Å². The zero-order chi connectivity index (χ0) is 12.1. The Balaban J connectivity index is 1.90. The number of nitrogens with one attached hydrogen (secondary N) is 1. The third-order valence-corrected chi connectivity index (χ3v) is 2.03. The molecule has 0 bridgehead atoms. The second kappa shape index (κ2) is 5.24. The Morgan fingerprint density at radius 2 is 2.29 bits per heavy atom. The normalized spacial score (nSPS) is 10.2. The second-order valence-electron chi connectivity index (χ2n) is 3.37. The summed E-state index contributed by atoms with van der Waals surface area (Å²) in [5, 5.41) is 14.8. The smallest absolute Gasteiger partial charge is 0.213 e. The van der Waals surface area contributed by atoms with Gasteiger partial charge in [-0.25, -0.2) is 4.98 Å². The van der Waals surface area contributed by atoms with Gasteiger partial charge >= 0.3 is 0 Å². The van der Waals surface area contributed by atoms with Gasteiger partial charge in [0.25, 0.3) is 0 Å².